The highest BCUT2D eigenvalue weighted by Crippen LogP contribution is 2.22. The molecule has 72 valence electrons. The number of carbonyl (C=O) groups is 2. The summed E-state index contributed by atoms with van der Waals surface area (Å²) in [6.07, 6.45) is 0.554. The van der Waals surface area contributed by atoms with Crippen LogP contribution in [0.1, 0.15) is 20.7 Å². The Labute approximate surface area is 79.8 Å². The Bertz CT molecular complexity index is 532. The van der Waals surface area contributed by atoms with E-state index < -0.39 is 15.9 Å². The molecule has 0 atom stereocenters. The van der Waals surface area contributed by atoms with Gasteiger partial charge in [0.15, 0.2) is 0 Å². The van der Waals surface area contributed by atoms with E-state index in [9.17, 15) is 18.0 Å². The van der Waals surface area contributed by atoms with Gasteiger partial charge in [-0.15, -0.1) is 0 Å². The van der Waals surface area contributed by atoms with Crippen molar-refractivity contribution in [2.45, 2.75) is 4.90 Å². The molecule has 0 saturated carbocycles. The van der Waals surface area contributed by atoms with E-state index in [0.717, 1.165) is 0 Å². The Morgan fingerprint density at radius 2 is 2.00 bits per heavy atom. The third kappa shape index (κ3) is 1.12. The number of sulfonamides is 1. The summed E-state index contributed by atoms with van der Waals surface area (Å²) in [5.41, 5.74) is 0.297. The molecule has 14 heavy (non-hydrogen) atoms. The number of hydrogen-bond acceptors (Lipinski definition) is 4. The molecule has 0 unspecified atom stereocenters. The van der Waals surface area contributed by atoms with Gasteiger partial charge in [0.2, 0.25) is 0 Å². The predicted molar refractivity (Wildman–Crippen MR) is 46.5 cm³/mol. The summed E-state index contributed by atoms with van der Waals surface area (Å²) in [6.45, 7) is 0. The van der Waals surface area contributed by atoms with Gasteiger partial charge in [-0.1, -0.05) is 6.07 Å². The van der Waals surface area contributed by atoms with Crippen LogP contribution in [0, 0.1) is 0 Å². The van der Waals surface area contributed by atoms with Crippen LogP contribution < -0.4 is 4.72 Å². The third-order valence-electron chi connectivity index (χ3n) is 1.90. The summed E-state index contributed by atoms with van der Waals surface area (Å²) in [7, 11) is -3.70. The molecule has 1 aliphatic heterocycles. The van der Waals surface area contributed by atoms with Crippen molar-refractivity contribution in [2.75, 3.05) is 0 Å². The van der Waals surface area contributed by atoms with Crippen molar-refractivity contribution < 1.29 is 18.0 Å². The fourth-order valence-corrected chi connectivity index (χ4v) is 2.42. The number of amides is 1. The van der Waals surface area contributed by atoms with E-state index in [1.807, 2.05) is 4.72 Å². The maximum Gasteiger partial charge on any atom is 0.266 e. The number of benzene rings is 1. The smallest absolute Gasteiger partial charge is 0.266 e. The molecule has 0 aromatic heterocycles. The van der Waals surface area contributed by atoms with Gasteiger partial charge in [0.1, 0.15) is 11.2 Å². The zero-order valence-electron chi connectivity index (χ0n) is 6.85. The molecular formula is C8H5NO4S. The number of rotatable bonds is 1. The van der Waals surface area contributed by atoms with Crippen molar-refractivity contribution in [3.8, 4) is 0 Å². The first-order valence-electron chi connectivity index (χ1n) is 3.71. The number of aldehydes is 1. The Morgan fingerprint density at radius 1 is 1.29 bits per heavy atom. The second kappa shape index (κ2) is 2.65. The van der Waals surface area contributed by atoms with Crippen LogP contribution in [0.5, 0.6) is 0 Å². The molecule has 1 amide bonds. The highest BCUT2D eigenvalue weighted by atomic mass is 32.2. The maximum atomic E-state index is 11.2. The lowest BCUT2D eigenvalue weighted by molar-refractivity contribution is 0.0985. The summed E-state index contributed by atoms with van der Waals surface area (Å²) in [5.74, 6) is -0.691. The highest BCUT2D eigenvalue weighted by molar-refractivity contribution is 7.90. The van der Waals surface area contributed by atoms with Crippen LogP contribution in [0.3, 0.4) is 0 Å². The van der Waals surface area contributed by atoms with E-state index in [0.29, 0.717) is 6.29 Å². The van der Waals surface area contributed by atoms with Crippen molar-refractivity contribution in [3.63, 3.8) is 0 Å². The van der Waals surface area contributed by atoms with Gasteiger partial charge in [0.25, 0.3) is 15.9 Å². The molecule has 0 aliphatic carbocycles. The first kappa shape index (κ1) is 8.89. The normalized spacial score (nSPS) is 17.3. The van der Waals surface area contributed by atoms with Gasteiger partial charge in [0, 0.05) is 5.56 Å². The van der Waals surface area contributed by atoms with Gasteiger partial charge >= 0.3 is 0 Å². The van der Waals surface area contributed by atoms with Crippen LogP contribution in [0.4, 0.5) is 0 Å². The summed E-state index contributed by atoms with van der Waals surface area (Å²) in [5, 5.41) is 0. The maximum absolute atomic E-state index is 11.2. The van der Waals surface area contributed by atoms with Gasteiger partial charge in [-0.2, -0.15) is 0 Å². The van der Waals surface area contributed by atoms with Gasteiger partial charge < -0.3 is 0 Å². The van der Waals surface area contributed by atoms with Crippen molar-refractivity contribution in [2.24, 2.45) is 0 Å². The molecule has 1 N–H and O–H groups in total. The fourth-order valence-electron chi connectivity index (χ4n) is 1.26. The van der Waals surface area contributed by atoms with Gasteiger partial charge in [-0.25, -0.2) is 13.1 Å². The molecule has 1 heterocycles. The number of hydrogen-bond donors (Lipinski definition) is 1. The molecule has 0 fully saturated rings. The molecule has 0 bridgehead atoms. The average molecular weight is 211 g/mol. The lowest BCUT2D eigenvalue weighted by atomic mass is 10.1. The van der Waals surface area contributed by atoms with E-state index in [-0.39, 0.29) is 16.0 Å². The van der Waals surface area contributed by atoms with Crippen molar-refractivity contribution in [1.82, 2.24) is 4.72 Å². The minimum absolute atomic E-state index is 0.0228. The zero-order chi connectivity index (χ0) is 10.3. The zero-order valence-corrected chi connectivity index (χ0v) is 7.67. The lowest BCUT2D eigenvalue weighted by Gasteiger charge is -1.94. The fraction of sp³-hybridized carbons (Fsp3) is 0. The molecule has 6 heteroatoms. The van der Waals surface area contributed by atoms with Crippen LogP contribution in [-0.2, 0) is 10.0 Å². The molecule has 1 aromatic rings. The average Bonchev–Trinajstić information content (AvgIpc) is 2.37. The van der Waals surface area contributed by atoms with Crippen LogP contribution >= 0.6 is 0 Å². The second-order valence-corrected chi connectivity index (χ2v) is 4.46. The Balaban J connectivity index is 2.75. The summed E-state index contributed by atoms with van der Waals surface area (Å²) in [4.78, 5) is 21.5. The lowest BCUT2D eigenvalue weighted by Crippen LogP contribution is -2.20. The SMILES string of the molecule is O=Cc1ccc2c(c1)C(=O)NS2(=O)=O. The third-order valence-corrected chi connectivity index (χ3v) is 3.29. The summed E-state index contributed by atoms with van der Waals surface area (Å²) >= 11 is 0. The minimum atomic E-state index is -3.70. The van der Waals surface area contributed by atoms with Gasteiger partial charge in [-0.3, -0.25) is 9.59 Å². The minimum Gasteiger partial charge on any atom is -0.298 e. The second-order valence-electron chi connectivity index (χ2n) is 2.81. The van der Waals surface area contributed by atoms with E-state index in [1.54, 1.807) is 0 Å². The van der Waals surface area contributed by atoms with Gasteiger partial charge in [-0.05, 0) is 12.1 Å². The first-order chi connectivity index (χ1) is 6.54. The summed E-state index contributed by atoms with van der Waals surface area (Å²) in [6, 6.07) is 3.85. The number of fused-ring (bicyclic) bond motifs is 1. The monoisotopic (exact) mass is 211 g/mol. The van der Waals surface area contributed by atoms with Crippen molar-refractivity contribution in [1.29, 1.82) is 0 Å². The molecule has 0 saturated heterocycles. The number of nitrogens with one attached hydrogen (secondary N) is 1. The van der Waals surface area contributed by atoms with Crippen LogP contribution in [0.15, 0.2) is 23.1 Å². The molecule has 0 radical (unpaired) electrons. The Hall–Kier alpha value is -1.69. The van der Waals surface area contributed by atoms with E-state index >= 15 is 0 Å². The standard InChI is InChI=1S/C8H5NO4S/c10-4-5-1-2-7-6(3-5)8(11)9-14(7,12)13/h1-4H,(H,9,11). The topological polar surface area (TPSA) is 80.3 Å². The Morgan fingerprint density at radius 3 is 2.64 bits per heavy atom. The van der Waals surface area contributed by atoms with Crippen LogP contribution in [0.2, 0.25) is 0 Å². The summed E-state index contributed by atoms with van der Waals surface area (Å²) < 4.78 is 24.3. The molecule has 1 aromatic carbocycles. The van der Waals surface area contributed by atoms with Crippen molar-refractivity contribution >= 4 is 22.2 Å². The Kier molecular flexibility index (Phi) is 1.68. The van der Waals surface area contributed by atoms with E-state index in [2.05, 4.69) is 0 Å². The first-order valence-corrected chi connectivity index (χ1v) is 5.19. The largest absolute Gasteiger partial charge is 0.298 e. The number of carbonyl (C=O) groups excluding carboxylic acids is 2. The predicted octanol–water partition coefficient (Wildman–Crippen LogP) is -0.0688. The van der Waals surface area contributed by atoms with E-state index in [1.165, 1.54) is 18.2 Å². The highest BCUT2D eigenvalue weighted by Gasteiger charge is 2.32. The van der Waals surface area contributed by atoms with E-state index in [4.69, 9.17) is 0 Å². The quantitative estimate of drug-likeness (QED) is 0.659. The van der Waals surface area contributed by atoms with Gasteiger partial charge in [0.05, 0.1) is 5.56 Å². The molecule has 1 aliphatic rings. The molecule has 5 nitrogen and oxygen atoms in total. The van der Waals surface area contributed by atoms with Crippen LogP contribution in [-0.4, -0.2) is 20.6 Å². The van der Waals surface area contributed by atoms with Crippen molar-refractivity contribution in [3.05, 3.63) is 29.3 Å². The van der Waals surface area contributed by atoms with Crippen LogP contribution in [0.25, 0.3) is 0 Å². The molecular weight excluding hydrogens is 206 g/mol. The molecule has 2 rings (SSSR count). The molecule has 0 spiro atoms.